The second kappa shape index (κ2) is 8.59. The summed E-state index contributed by atoms with van der Waals surface area (Å²) in [5.41, 5.74) is 3.45. The molecule has 1 aliphatic rings. The Hall–Kier alpha value is -4.26. The van der Waals surface area contributed by atoms with E-state index in [1.165, 1.54) is 12.8 Å². The van der Waals surface area contributed by atoms with Gasteiger partial charge in [-0.05, 0) is 54.7 Å². The number of hydrogen-bond donors (Lipinski definition) is 0. The number of para-hydroxylation sites is 1. The predicted octanol–water partition coefficient (Wildman–Crippen LogP) is 4.63. The summed E-state index contributed by atoms with van der Waals surface area (Å²) in [5, 5.41) is 10.2. The van der Waals surface area contributed by atoms with E-state index in [0.29, 0.717) is 17.3 Å². The van der Waals surface area contributed by atoms with Gasteiger partial charge in [-0.2, -0.15) is 10.2 Å². The highest BCUT2D eigenvalue weighted by atomic mass is 16.5. The molecule has 2 aromatic carbocycles. The van der Waals surface area contributed by atoms with Crippen molar-refractivity contribution < 1.29 is 4.74 Å². The third-order valence-corrected chi connectivity index (χ3v) is 6.03. The van der Waals surface area contributed by atoms with Crippen LogP contribution in [0.5, 0.6) is 5.75 Å². The number of ether oxygens (including phenoxy) is 1. The van der Waals surface area contributed by atoms with Crippen molar-refractivity contribution in [2.24, 2.45) is 5.92 Å². The zero-order valence-corrected chi connectivity index (χ0v) is 18.5. The van der Waals surface area contributed by atoms with Crippen molar-refractivity contribution in [1.29, 1.82) is 0 Å². The summed E-state index contributed by atoms with van der Waals surface area (Å²) in [4.78, 5) is 17.9. The van der Waals surface area contributed by atoms with E-state index in [9.17, 15) is 4.79 Å². The maximum Gasteiger partial charge on any atom is 0.251 e. The van der Waals surface area contributed by atoms with Crippen molar-refractivity contribution in [3.63, 3.8) is 0 Å². The summed E-state index contributed by atoms with van der Waals surface area (Å²) >= 11 is 0. The van der Waals surface area contributed by atoms with E-state index in [0.717, 1.165) is 28.7 Å². The smallest absolute Gasteiger partial charge is 0.251 e. The van der Waals surface area contributed by atoms with Crippen LogP contribution in [0, 0.1) is 5.92 Å². The van der Waals surface area contributed by atoms with Crippen LogP contribution in [0.2, 0.25) is 0 Å². The monoisotopic (exact) mass is 449 g/mol. The molecule has 34 heavy (non-hydrogen) atoms. The summed E-state index contributed by atoms with van der Waals surface area (Å²) < 4.78 is 9.65. The Morgan fingerprint density at radius 3 is 2.71 bits per heavy atom. The highest BCUT2D eigenvalue weighted by Crippen LogP contribution is 2.31. The highest BCUT2D eigenvalue weighted by Gasteiger charge is 2.24. The average Bonchev–Trinajstić information content (AvgIpc) is 3.56. The third kappa shape index (κ3) is 4.08. The Morgan fingerprint density at radius 2 is 1.85 bits per heavy atom. The van der Waals surface area contributed by atoms with Crippen LogP contribution in [0.1, 0.15) is 18.4 Å². The van der Waals surface area contributed by atoms with Crippen LogP contribution >= 0.6 is 0 Å². The zero-order valence-electron chi connectivity index (χ0n) is 18.5. The molecule has 1 saturated carbocycles. The zero-order chi connectivity index (χ0) is 22.9. The number of nitrogens with zero attached hydrogens (tertiary/aromatic N) is 5. The summed E-state index contributed by atoms with van der Waals surface area (Å²) in [6.07, 6.45) is 7.56. The van der Waals surface area contributed by atoms with Gasteiger partial charge >= 0.3 is 0 Å². The van der Waals surface area contributed by atoms with E-state index in [-0.39, 0.29) is 17.8 Å². The number of fused-ring (bicyclic) bond motifs is 1. The molecule has 0 saturated heterocycles. The minimum atomic E-state index is -0.247. The quantitative estimate of drug-likeness (QED) is 0.362. The Balaban J connectivity index is 1.37. The van der Waals surface area contributed by atoms with Crippen LogP contribution in [0.15, 0.2) is 90.1 Å². The van der Waals surface area contributed by atoms with Gasteiger partial charge < -0.3 is 4.74 Å². The van der Waals surface area contributed by atoms with Gasteiger partial charge in [0.1, 0.15) is 6.61 Å². The molecule has 3 heterocycles. The maximum absolute atomic E-state index is 13.5. The van der Waals surface area contributed by atoms with E-state index >= 15 is 0 Å². The molecular weight excluding hydrogens is 426 g/mol. The second-order valence-electron chi connectivity index (χ2n) is 8.62. The van der Waals surface area contributed by atoms with Crippen molar-refractivity contribution in [1.82, 2.24) is 24.5 Å². The van der Waals surface area contributed by atoms with Crippen molar-refractivity contribution in [3.05, 3.63) is 101 Å². The summed E-state index contributed by atoms with van der Waals surface area (Å²) in [6.45, 7) is 1.04. The molecule has 7 nitrogen and oxygen atoms in total. The molecule has 1 fully saturated rings. The molecule has 0 atom stereocenters. The summed E-state index contributed by atoms with van der Waals surface area (Å²) in [5.74, 6) is 0.883. The molecule has 0 amide bonds. The predicted molar refractivity (Wildman–Crippen MR) is 130 cm³/mol. The standard InChI is InChI=1S/C27H23N5O2/c33-27-25(34-18-20-10-11-21-5-4-13-28-23(21)15-20)17-31(16-19-8-9-19)30-26(27)24-12-14-29-32(24)22-6-2-1-3-7-22/h1-7,10-15,17,19H,8-9,16,18H2. The molecule has 0 unspecified atom stereocenters. The normalized spacial score (nSPS) is 13.3. The van der Waals surface area contributed by atoms with E-state index in [1.807, 2.05) is 71.4 Å². The number of pyridine rings is 1. The average molecular weight is 450 g/mol. The Bertz CT molecular complexity index is 1520. The third-order valence-electron chi connectivity index (χ3n) is 6.03. The van der Waals surface area contributed by atoms with Crippen LogP contribution in [0.25, 0.3) is 28.0 Å². The van der Waals surface area contributed by atoms with Crippen molar-refractivity contribution >= 4 is 10.9 Å². The molecule has 1 aliphatic carbocycles. The first-order valence-corrected chi connectivity index (χ1v) is 11.4. The van der Waals surface area contributed by atoms with Gasteiger partial charge in [0.15, 0.2) is 11.4 Å². The molecule has 0 radical (unpaired) electrons. The maximum atomic E-state index is 13.5. The van der Waals surface area contributed by atoms with Crippen molar-refractivity contribution in [2.75, 3.05) is 0 Å². The highest BCUT2D eigenvalue weighted by molar-refractivity contribution is 5.78. The van der Waals surface area contributed by atoms with Crippen LogP contribution in [0.3, 0.4) is 0 Å². The van der Waals surface area contributed by atoms with E-state index in [1.54, 1.807) is 23.3 Å². The fourth-order valence-electron chi connectivity index (χ4n) is 4.06. The van der Waals surface area contributed by atoms with Crippen molar-refractivity contribution in [3.8, 4) is 22.8 Å². The first kappa shape index (κ1) is 20.4. The molecule has 0 bridgehead atoms. The first-order chi connectivity index (χ1) is 16.7. The SMILES string of the molecule is O=c1c(OCc2ccc3cccnc3c2)cn(CC2CC2)nc1-c1ccnn1-c1ccccc1. The topological polar surface area (TPSA) is 74.8 Å². The van der Waals surface area contributed by atoms with Gasteiger partial charge in [0.2, 0.25) is 0 Å². The van der Waals surface area contributed by atoms with Gasteiger partial charge in [0.25, 0.3) is 5.43 Å². The lowest BCUT2D eigenvalue weighted by atomic mass is 10.1. The Kier molecular flexibility index (Phi) is 5.14. The lowest BCUT2D eigenvalue weighted by Gasteiger charge is -2.13. The van der Waals surface area contributed by atoms with Gasteiger partial charge in [0.05, 0.1) is 29.3 Å². The number of rotatable bonds is 7. The largest absolute Gasteiger partial charge is 0.483 e. The Labute approximate surface area is 196 Å². The molecule has 0 spiro atoms. The molecule has 0 aliphatic heterocycles. The number of benzene rings is 2. The molecule has 3 aromatic heterocycles. The molecule has 0 N–H and O–H groups in total. The van der Waals surface area contributed by atoms with E-state index in [2.05, 4.69) is 10.1 Å². The Morgan fingerprint density at radius 1 is 0.971 bits per heavy atom. The molecule has 168 valence electrons. The fourth-order valence-corrected chi connectivity index (χ4v) is 4.06. The van der Waals surface area contributed by atoms with Crippen LogP contribution in [-0.2, 0) is 13.2 Å². The van der Waals surface area contributed by atoms with Crippen LogP contribution in [0.4, 0.5) is 0 Å². The summed E-state index contributed by atoms with van der Waals surface area (Å²) in [7, 11) is 0. The van der Waals surface area contributed by atoms with Gasteiger partial charge in [-0.1, -0.05) is 36.4 Å². The van der Waals surface area contributed by atoms with Gasteiger partial charge in [-0.15, -0.1) is 0 Å². The van der Waals surface area contributed by atoms with Crippen molar-refractivity contribution in [2.45, 2.75) is 26.0 Å². The lowest BCUT2D eigenvalue weighted by molar-refractivity contribution is 0.298. The minimum Gasteiger partial charge on any atom is -0.483 e. The second-order valence-corrected chi connectivity index (χ2v) is 8.62. The fraction of sp³-hybridized carbons (Fsp3) is 0.185. The van der Waals surface area contributed by atoms with Gasteiger partial charge in [-0.3, -0.25) is 14.5 Å². The first-order valence-electron chi connectivity index (χ1n) is 11.4. The van der Waals surface area contributed by atoms with E-state index in [4.69, 9.17) is 9.84 Å². The minimum absolute atomic E-state index is 0.247. The lowest BCUT2D eigenvalue weighted by Crippen LogP contribution is -2.20. The number of aromatic nitrogens is 5. The molecule has 6 rings (SSSR count). The summed E-state index contributed by atoms with van der Waals surface area (Å²) in [6, 6.07) is 21.5. The molecule has 5 aromatic rings. The van der Waals surface area contributed by atoms with Gasteiger partial charge in [0, 0.05) is 18.1 Å². The van der Waals surface area contributed by atoms with Crippen LogP contribution < -0.4 is 10.2 Å². The molecular formula is C27H23N5O2. The van der Waals surface area contributed by atoms with E-state index < -0.39 is 0 Å². The van der Waals surface area contributed by atoms with Gasteiger partial charge in [-0.25, -0.2) is 4.68 Å². The van der Waals surface area contributed by atoms with Crippen LogP contribution in [-0.4, -0.2) is 24.5 Å². The molecule has 7 heteroatoms. The number of hydrogen-bond acceptors (Lipinski definition) is 5.